The molecule has 2 aromatic carbocycles. The van der Waals surface area contributed by atoms with Gasteiger partial charge in [-0.1, -0.05) is 48.7 Å². The summed E-state index contributed by atoms with van der Waals surface area (Å²) in [5, 5.41) is 11.7. The molecule has 31 heavy (non-hydrogen) atoms. The Bertz CT molecular complexity index is 1080. The number of hydrogen-bond donors (Lipinski definition) is 1. The van der Waals surface area contributed by atoms with Gasteiger partial charge in [-0.15, -0.1) is 0 Å². The number of likely N-dealkylation sites (tertiary alicyclic amines) is 1. The third-order valence-electron chi connectivity index (χ3n) is 6.33. The van der Waals surface area contributed by atoms with Gasteiger partial charge in [0.15, 0.2) is 0 Å². The van der Waals surface area contributed by atoms with Crippen LogP contribution in [0.25, 0.3) is 5.76 Å². The summed E-state index contributed by atoms with van der Waals surface area (Å²) in [6.07, 6.45) is 3.76. The fraction of sp³-hybridized carbons (Fsp3) is 0.360. The van der Waals surface area contributed by atoms with Crippen LogP contribution in [-0.2, 0) is 9.59 Å². The molecule has 4 rings (SSSR count). The van der Waals surface area contributed by atoms with Gasteiger partial charge in [-0.2, -0.15) is 0 Å². The van der Waals surface area contributed by atoms with Crippen LogP contribution in [-0.4, -0.2) is 34.8 Å². The zero-order valence-corrected chi connectivity index (χ0v) is 18.7. The van der Waals surface area contributed by atoms with Crippen LogP contribution in [0.1, 0.15) is 54.0 Å². The molecular formula is C25H26ClNO4. The van der Waals surface area contributed by atoms with Crippen molar-refractivity contribution in [1.29, 1.82) is 0 Å². The number of methoxy groups -OCH3 is 1. The van der Waals surface area contributed by atoms with Crippen LogP contribution in [0.3, 0.4) is 0 Å². The summed E-state index contributed by atoms with van der Waals surface area (Å²) in [4.78, 5) is 28.2. The summed E-state index contributed by atoms with van der Waals surface area (Å²) in [7, 11) is 1.46. The van der Waals surface area contributed by atoms with E-state index >= 15 is 0 Å². The SMILES string of the molecule is COc1c(Cl)cc(C)cc1/C(O)=C1\C(=O)C(=O)N(C2CCCC2)C1c1ccccc1C. The first-order chi connectivity index (χ1) is 14.8. The lowest BCUT2D eigenvalue weighted by Gasteiger charge is -2.31. The van der Waals surface area contributed by atoms with Crippen molar-refractivity contribution in [3.05, 3.63) is 69.2 Å². The van der Waals surface area contributed by atoms with Crippen molar-refractivity contribution in [2.45, 2.75) is 51.6 Å². The quantitative estimate of drug-likeness (QED) is 0.397. The largest absolute Gasteiger partial charge is 0.507 e. The lowest BCUT2D eigenvalue weighted by molar-refractivity contribution is -0.141. The predicted molar refractivity (Wildman–Crippen MR) is 120 cm³/mol. The molecule has 2 aliphatic rings. The van der Waals surface area contributed by atoms with Gasteiger partial charge in [0, 0.05) is 6.04 Å². The molecule has 1 heterocycles. The monoisotopic (exact) mass is 439 g/mol. The molecule has 2 fully saturated rings. The molecule has 1 aliphatic carbocycles. The van der Waals surface area contributed by atoms with E-state index in [1.165, 1.54) is 7.11 Å². The van der Waals surface area contributed by atoms with Crippen LogP contribution < -0.4 is 4.74 Å². The highest BCUT2D eigenvalue weighted by molar-refractivity contribution is 6.46. The number of carbonyl (C=O) groups excluding carboxylic acids is 2. The Balaban J connectivity index is 1.98. The lowest BCUT2D eigenvalue weighted by Crippen LogP contribution is -2.37. The maximum Gasteiger partial charge on any atom is 0.295 e. The molecule has 1 saturated carbocycles. The summed E-state index contributed by atoms with van der Waals surface area (Å²) in [5.74, 6) is -1.20. The third-order valence-corrected chi connectivity index (χ3v) is 6.61. The zero-order valence-electron chi connectivity index (χ0n) is 17.9. The van der Waals surface area contributed by atoms with Crippen molar-refractivity contribution in [2.75, 3.05) is 7.11 Å². The average molecular weight is 440 g/mol. The van der Waals surface area contributed by atoms with Crippen molar-refractivity contribution >= 4 is 29.1 Å². The number of ketones is 1. The number of amides is 1. The van der Waals surface area contributed by atoms with Crippen LogP contribution in [0.15, 0.2) is 42.0 Å². The summed E-state index contributed by atoms with van der Waals surface area (Å²) in [6, 6.07) is 10.5. The van der Waals surface area contributed by atoms with Crippen LogP contribution >= 0.6 is 11.6 Å². The molecule has 0 bridgehead atoms. The number of aliphatic hydroxyl groups excluding tert-OH is 1. The molecule has 0 radical (unpaired) electrons. The van der Waals surface area contributed by atoms with Gasteiger partial charge in [0.1, 0.15) is 11.5 Å². The molecule has 162 valence electrons. The number of nitrogens with zero attached hydrogens (tertiary/aromatic N) is 1. The normalized spacial score (nSPS) is 21.2. The van der Waals surface area contributed by atoms with Gasteiger partial charge in [-0.25, -0.2) is 0 Å². The maximum atomic E-state index is 13.3. The summed E-state index contributed by atoms with van der Waals surface area (Å²) < 4.78 is 5.43. The first-order valence-electron chi connectivity index (χ1n) is 10.5. The van der Waals surface area contributed by atoms with Crippen LogP contribution in [0.2, 0.25) is 5.02 Å². The van der Waals surface area contributed by atoms with E-state index in [-0.39, 0.29) is 23.1 Å². The fourth-order valence-electron chi connectivity index (χ4n) is 4.87. The second kappa shape index (κ2) is 8.39. The Hall–Kier alpha value is -2.79. The highest BCUT2D eigenvalue weighted by Gasteiger charge is 2.49. The second-order valence-corrected chi connectivity index (χ2v) is 8.74. The lowest BCUT2D eigenvalue weighted by atomic mass is 9.91. The number of carbonyl (C=O) groups is 2. The van der Waals surface area contributed by atoms with Gasteiger partial charge >= 0.3 is 0 Å². The molecule has 1 unspecified atom stereocenters. The Morgan fingerprint density at radius 1 is 1.13 bits per heavy atom. The van der Waals surface area contributed by atoms with Crippen molar-refractivity contribution in [2.24, 2.45) is 0 Å². The Kier molecular flexibility index (Phi) is 5.80. The number of aliphatic hydroxyl groups is 1. The highest BCUT2D eigenvalue weighted by atomic mass is 35.5. The van der Waals surface area contributed by atoms with Gasteiger partial charge in [-0.3, -0.25) is 9.59 Å². The molecule has 1 saturated heterocycles. The molecule has 0 aromatic heterocycles. The standard InChI is InChI=1S/C25H26ClNO4/c1-14-12-18(24(31-3)19(26)13-14)22(28)20-21(17-11-7-4-8-15(17)2)27(25(30)23(20)29)16-9-5-6-10-16/h4,7-8,11-13,16,21,28H,5-6,9-10H2,1-3H3/b22-20+. The summed E-state index contributed by atoms with van der Waals surface area (Å²) in [5.41, 5.74) is 3.01. The Morgan fingerprint density at radius 3 is 2.45 bits per heavy atom. The third kappa shape index (κ3) is 3.61. The van der Waals surface area contributed by atoms with Crippen LogP contribution in [0.4, 0.5) is 0 Å². The van der Waals surface area contributed by atoms with Crippen molar-refractivity contribution in [1.82, 2.24) is 4.90 Å². The Labute approximate surface area is 187 Å². The van der Waals surface area contributed by atoms with Crippen LogP contribution in [0, 0.1) is 13.8 Å². The van der Waals surface area contributed by atoms with Gasteiger partial charge in [-0.05, 0) is 55.5 Å². The molecule has 1 N–H and O–H groups in total. The molecule has 1 aliphatic heterocycles. The molecule has 1 atom stereocenters. The average Bonchev–Trinajstić information content (AvgIpc) is 3.34. The molecule has 6 heteroatoms. The smallest absolute Gasteiger partial charge is 0.295 e. The van der Waals surface area contributed by atoms with E-state index in [9.17, 15) is 14.7 Å². The Morgan fingerprint density at radius 2 is 1.81 bits per heavy atom. The molecule has 5 nitrogen and oxygen atoms in total. The van der Waals surface area contributed by atoms with Gasteiger partial charge < -0.3 is 14.7 Å². The minimum absolute atomic E-state index is 0.0191. The van der Waals surface area contributed by atoms with Crippen LogP contribution in [0.5, 0.6) is 5.75 Å². The predicted octanol–water partition coefficient (Wildman–Crippen LogP) is 5.33. The van der Waals surface area contributed by atoms with E-state index in [0.717, 1.165) is 42.4 Å². The maximum absolute atomic E-state index is 13.3. The second-order valence-electron chi connectivity index (χ2n) is 8.33. The minimum atomic E-state index is -0.669. The van der Waals surface area contributed by atoms with E-state index in [1.54, 1.807) is 17.0 Å². The van der Waals surface area contributed by atoms with E-state index in [2.05, 4.69) is 0 Å². The van der Waals surface area contributed by atoms with Gasteiger partial charge in [0.2, 0.25) is 0 Å². The number of aryl methyl sites for hydroxylation is 2. The molecule has 2 aromatic rings. The van der Waals surface area contributed by atoms with Crippen molar-refractivity contribution < 1.29 is 19.4 Å². The van der Waals surface area contributed by atoms with Gasteiger partial charge in [0.25, 0.3) is 11.7 Å². The minimum Gasteiger partial charge on any atom is -0.507 e. The van der Waals surface area contributed by atoms with Crippen molar-refractivity contribution in [3.63, 3.8) is 0 Å². The topological polar surface area (TPSA) is 66.8 Å². The number of rotatable bonds is 4. The van der Waals surface area contributed by atoms with E-state index < -0.39 is 17.7 Å². The van der Waals surface area contributed by atoms with E-state index in [0.29, 0.717) is 10.6 Å². The molecular weight excluding hydrogens is 414 g/mol. The number of ether oxygens (including phenoxy) is 1. The van der Waals surface area contributed by atoms with E-state index in [4.69, 9.17) is 16.3 Å². The highest BCUT2D eigenvalue weighted by Crippen LogP contribution is 2.46. The number of hydrogen-bond acceptors (Lipinski definition) is 4. The van der Waals surface area contributed by atoms with Crippen molar-refractivity contribution in [3.8, 4) is 5.75 Å². The number of halogens is 1. The number of Topliss-reactive ketones (excluding diaryl/α,β-unsaturated/α-hetero) is 1. The number of benzene rings is 2. The fourth-order valence-corrected chi connectivity index (χ4v) is 5.22. The summed E-state index contributed by atoms with van der Waals surface area (Å²) in [6.45, 7) is 3.80. The first kappa shape index (κ1) is 21.4. The molecule has 1 amide bonds. The first-order valence-corrected chi connectivity index (χ1v) is 10.9. The zero-order chi connectivity index (χ0) is 22.3. The van der Waals surface area contributed by atoms with Gasteiger partial charge in [0.05, 0.1) is 29.3 Å². The van der Waals surface area contributed by atoms with E-state index in [1.807, 2.05) is 38.1 Å². The molecule has 0 spiro atoms. The summed E-state index contributed by atoms with van der Waals surface area (Å²) >= 11 is 6.34.